The summed E-state index contributed by atoms with van der Waals surface area (Å²) in [5.74, 6) is -1.16. The second kappa shape index (κ2) is 9.96. The monoisotopic (exact) mass is 525 g/mol. The molecule has 2 N–H and O–H groups in total. The highest BCUT2D eigenvalue weighted by molar-refractivity contribution is 7.92. The van der Waals surface area contributed by atoms with Crippen LogP contribution in [0.25, 0.3) is 6.08 Å². The summed E-state index contributed by atoms with van der Waals surface area (Å²) in [7, 11) is -7.66. The van der Waals surface area contributed by atoms with E-state index >= 15 is 0 Å². The fourth-order valence-electron chi connectivity index (χ4n) is 3.76. The minimum Gasteiger partial charge on any atom is -0.323 e. The highest BCUT2D eigenvalue weighted by Gasteiger charge is 2.30. The van der Waals surface area contributed by atoms with E-state index in [4.69, 9.17) is 0 Å². The Balaban J connectivity index is 1.40. The molecule has 0 saturated carbocycles. The van der Waals surface area contributed by atoms with E-state index in [9.17, 15) is 26.4 Å². The zero-order valence-corrected chi connectivity index (χ0v) is 20.8. The minimum absolute atomic E-state index is 0.112. The Bertz CT molecular complexity index is 1550. The van der Waals surface area contributed by atoms with E-state index in [1.807, 2.05) is 22.9 Å². The summed E-state index contributed by atoms with van der Waals surface area (Å²) < 4.78 is 53.4. The van der Waals surface area contributed by atoms with Crippen molar-refractivity contribution < 1.29 is 26.4 Å². The van der Waals surface area contributed by atoms with Gasteiger partial charge in [0, 0.05) is 25.2 Å². The van der Waals surface area contributed by atoms with Crippen LogP contribution in [0.15, 0.2) is 88.7 Å². The van der Waals surface area contributed by atoms with Gasteiger partial charge in [0.15, 0.2) is 0 Å². The van der Waals surface area contributed by atoms with Crippen molar-refractivity contribution in [2.45, 2.75) is 23.1 Å². The van der Waals surface area contributed by atoms with E-state index in [0.717, 1.165) is 12.5 Å². The van der Waals surface area contributed by atoms with E-state index in [1.54, 1.807) is 18.2 Å². The van der Waals surface area contributed by atoms with Gasteiger partial charge in [0.25, 0.3) is 20.0 Å². The Morgan fingerprint density at radius 1 is 0.861 bits per heavy atom. The lowest BCUT2D eigenvalue weighted by Crippen LogP contribution is -2.29. The van der Waals surface area contributed by atoms with Gasteiger partial charge in [0.05, 0.1) is 15.5 Å². The van der Waals surface area contributed by atoms with Crippen LogP contribution in [-0.4, -0.2) is 35.2 Å². The number of nitrogens with one attached hydrogen (secondary N) is 2. The van der Waals surface area contributed by atoms with E-state index in [-0.39, 0.29) is 9.79 Å². The van der Waals surface area contributed by atoms with Crippen LogP contribution < -0.4 is 14.3 Å². The summed E-state index contributed by atoms with van der Waals surface area (Å²) in [6.45, 7) is 1.49. The summed E-state index contributed by atoms with van der Waals surface area (Å²) in [6, 6.07) is 19.0. The van der Waals surface area contributed by atoms with Crippen molar-refractivity contribution in [1.29, 1.82) is 0 Å². The number of carbonyl (C=O) groups is 2. The second-order valence-electron chi connectivity index (χ2n) is 8.03. The van der Waals surface area contributed by atoms with Gasteiger partial charge in [-0.15, -0.1) is 0 Å². The lowest BCUT2D eigenvalue weighted by molar-refractivity contribution is -0.117. The molecule has 1 aliphatic heterocycles. The van der Waals surface area contributed by atoms with Gasteiger partial charge in [-0.25, -0.2) is 21.6 Å². The summed E-state index contributed by atoms with van der Waals surface area (Å²) in [6.07, 6.45) is 3.48. The number of fused-ring (bicyclic) bond motifs is 1. The standard InChI is InChI=1S/C25H23N3O6S2/c1-18(29)27-35(31,32)22-13-9-21(10-14-22)26-25(30)15-8-19-6-11-23(12-7-19)36(33,34)28-17-16-20-4-2-3-5-24(20)28/h2-15H,16-17H2,1H3,(H,26,30)(H,27,29)/b15-8+. The third-order valence-corrected chi connectivity index (χ3v) is 8.73. The van der Waals surface area contributed by atoms with Crippen LogP contribution in [-0.2, 0) is 36.1 Å². The molecule has 2 amide bonds. The van der Waals surface area contributed by atoms with Crippen LogP contribution >= 0.6 is 0 Å². The highest BCUT2D eigenvalue weighted by atomic mass is 32.2. The lowest BCUT2D eigenvalue weighted by atomic mass is 10.2. The van der Waals surface area contributed by atoms with Gasteiger partial charge in [-0.3, -0.25) is 13.9 Å². The molecule has 4 rings (SSSR count). The average Bonchev–Trinajstić information content (AvgIpc) is 3.28. The van der Waals surface area contributed by atoms with E-state index in [2.05, 4.69) is 5.32 Å². The molecular formula is C25H23N3O6S2. The largest absolute Gasteiger partial charge is 0.323 e. The first-order valence-corrected chi connectivity index (χ1v) is 13.8. The Hall–Kier alpha value is -3.96. The van der Waals surface area contributed by atoms with Gasteiger partial charge in [0.1, 0.15) is 0 Å². The number of benzene rings is 3. The van der Waals surface area contributed by atoms with Gasteiger partial charge in [-0.2, -0.15) is 0 Å². The quantitative estimate of drug-likeness (QED) is 0.456. The first-order valence-electron chi connectivity index (χ1n) is 10.9. The first kappa shape index (κ1) is 25.1. The predicted octanol–water partition coefficient (Wildman–Crippen LogP) is 2.91. The second-order valence-corrected chi connectivity index (χ2v) is 11.6. The molecule has 3 aromatic carbocycles. The van der Waals surface area contributed by atoms with E-state index in [0.29, 0.717) is 29.9 Å². The molecule has 0 fully saturated rings. The topological polar surface area (TPSA) is 130 Å². The molecule has 0 radical (unpaired) electrons. The highest BCUT2D eigenvalue weighted by Crippen LogP contribution is 2.32. The summed E-state index contributed by atoms with van der Waals surface area (Å²) in [5.41, 5.74) is 2.68. The summed E-state index contributed by atoms with van der Waals surface area (Å²) in [4.78, 5) is 23.3. The molecule has 9 nitrogen and oxygen atoms in total. The van der Waals surface area contributed by atoms with Crippen LogP contribution in [0.3, 0.4) is 0 Å². The van der Waals surface area contributed by atoms with Crippen molar-refractivity contribution in [3.05, 3.63) is 90.0 Å². The summed E-state index contributed by atoms with van der Waals surface area (Å²) >= 11 is 0. The Morgan fingerprint density at radius 3 is 2.17 bits per heavy atom. The van der Waals surface area contributed by atoms with Crippen LogP contribution in [0.2, 0.25) is 0 Å². The molecule has 0 atom stereocenters. The molecule has 0 aromatic heterocycles. The smallest absolute Gasteiger partial charge is 0.264 e. The Kier molecular flexibility index (Phi) is 6.95. The average molecular weight is 526 g/mol. The van der Waals surface area contributed by atoms with Gasteiger partial charge in [0.2, 0.25) is 11.8 Å². The molecule has 186 valence electrons. The van der Waals surface area contributed by atoms with Crippen LogP contribution in [0.5, 0.6) is 0 Å². The number of hydrogen-bond donors (Lipinski definition) is 2. The number of amides is 2. The molecule has 0 spiro atoms. The van der Waals surface area contributed by atoms with Crippen molar-refractivity contribution in [1.82, 2.24) is 4.72 Å². The van der Waals surface area contributed by atoms with Gasteiger partial charge >= 0.3 is 0 Å². The molecule has 11 heteroatoms. The zero-order chi connectivity index (χ0) is 25.9. The van der Waals surface area contributed by atoms with Crippen molar-refractivity contribution in [2.24, 2.45) is 0 Å². The minimum atomic E-state index is -3.96. The predicted molar refractivity (Wildman–Crippen MR) is 136 cm³/mol. The molecule has 0 unspecified atom stereocenters. The third kappa shape index (κ3) is 5.47. The van der Waals surface area contributed by atoms with E-state index in [1.165, 1.54) is 52.9 Å². The molecular weight excluding hydrogens is 502 g/mol. The van der Waals surface area contributed by atoms with Crippen LogP contribution in [0.4, 0.5) is 11.4 Å². The molecule has 0 bridgehead atoms. The van der Waals surface area contributed by atoms with Crippen molar-refractivity contribution in [2.75, 3.05) is 16.2 Å². The third-order valence-electron chi connectivity index (χ3n) is 5.45. The maximum atomic E-state index is 13.1. The van der Waals surface area contributed by atoms with Crippen molar-refractivity contribution in [3.8, 4) is 0 Å². The maximum Gasteiger partial charge on any atom is 0.264 e. The SMILES string of the molecule is CC(=O)NS(=O)(=O)c1ccc(NC(=O)/C=C/c2ccc(S(=O)(=O)N3CCc4ccccc43)cc2)cc1. The number of para-hydroxylation sites is 1. The first-order chi connectivity index (χ1) is 17.1. The lowest BCUT2D eigenvalue weighted by Gasteiger charge is -2.19. The van der Waals surface area contributed by atoms with Gasteiger partial charge in [-0.1, -0.05) is 30.3 Å². The fraction of sp³-hybridized carbons (Fsp3) is 0.120. The van der Waals surface area contributed by atoms with Crippen LogP contribution in [0, 0.1) is 0 Å². The van der Waals surface area contributed by atoms with Crippen molar-refractivity contribution in [3.63, 3.8) is 0 Å². The normalized spacial score (nSPS) is 13.4. The fourth-order valence-corrected chi connectivity index (χ4v) is 6.25. The molecule has 0 saturated heterocycles. The van der Waals surface area contributed by atoms with Crippen LogP contribution in [0.1, 0.15) is 18.1 Å². The Labute approximate surface area is 209 Å². The zero-order valence-electron chi connectivity index (χ0n) is 19.2. The molecule has 1 aliphatic rings. The summed E-state index contributed by atoms with van der Waals surface area (Å²) in [5, 5.41) is 2.60. The van der Waals surface area contributed by atoms with Gasteiger partial charge in [-0.05, 0) is 66.1 Å². The molecule has 36 heavy (non-hydrogen) atoms. The number of carbonyl (C=O) groups excluding carboxylic acids is 2. The number of sulfonamides is 2. The maximum absolute atomic E-state index is 13.1. The van der Waals surface area contributed by atoms with Gasteiger partial charge < -0.3 is 5.32 Å². The van der Waals surface area contributed by atoms with E-state index < -0.39 is 31.9 Å². The number of rotatable bonds is 7. The molecule has 3 aromatic rings. The van der Waals surface area contributed by atoms with Crippen molar-refractivity contribution >= 4 is 49.3 Å². The molecule has 0 aliphatic carbocycles. The molecule has 1 heterocycles. The Morgan fingerprint density at radius 2 is 1.50 bits per heavy atom. The number of nitrogens with zero attached hydrogens (tertiary/aromatic N) is 1. The number of hydrogen-bond acceptors (Lipinski definition) is 6. The number of anilines is 2.